The van der Waals surface area contributed by atoms with E-state index < -0.39 is 12.1 Å². The highest BCUT2D eigenvalue weighted by Crippen LogP contribution is 2.39. The molecule has 0 aliphatic rings. The van der Waals surface area contributed by atoms with Gasteiger partial charge in [-0.25, -0.2) is 9.78 Å². The Hall–Kier alpha value is -1.95. The number of aromatic nitrogens is 1. The van der Waals surface area contributed by atoms with E-state index in [-0.39, 0.29) is 6.10 Å². The average molecular weight is 390 g/mol. The van der Waals surface area contributed by atoms with E-state index in [4.69, 9.17) is 16.3 Å². The van der Waals surface area contributed by atoms with E-state index in [1.807, 2.05) is 26.0 Å². The van der Waals surface area contributed by atoms with Crippen LogP contribution in [0.15, 0.2) is 36.5 Å². The van der Waals surface area contributed by atoms with Crippen molar-refractivity contribution in [1.82, 2.24) is 4.98 Å². The van der Waals surface area contributed by atoms with Crippen LogP contribution < -0.4 is 0 Å². The SMILES string of the molecule is CCc1cc2c(-c3ccc(Cl)cc3)c(C(OC(C)C)C(=O)O)cnc2s1. The Morgan fingerprint density at radius 3 is 2.58 bits per heavy atom. The molecular formula is C20H20ClNO3S. The molecule has 0 spiro atoms. The number of carboxylic acid groups (broad SMARTS) is 1. The number of benzene rings is 1. The van der Waals surface area contributed by atoms with Gasteiger partial charge in [0.15, 0.2) is 6.10 Å². The van der Waals surface area contributed by atoms with Crippen LogP contribution in [0.3, 0.4) is 0 Å². The lowest BCUT2D eigenvalue weighted by molar-refractivity contribution is -0.153. The van der Waals surface area contributed by atoms with Gasteiger partial charge in [0.2, 0.25) is 0 Å². The third-order valence-corrected chi connectivity index (χ3v) is 5.48. The summed E-state index contributed by atoms with van der Waals surface area (Å²) in [7, 11) is 0. The Bertz CT molecular complexity index is 934. The molecule has 2 aromatic heterocycles. The molecule has 0 radical (unpaired) electrons. The van der Waals surface area contributed by atoms with Crippen molar-refractivity contribution < 1.29 is 14.6 Å². The van der Waals surface area contributed by atoms with Crippen molar-refractivity contribution in [2.75, 3.05) is 0 Å². The van der Waals surface area contributed by atoms with E-state index in [0.717, 1.165) is 27.8 Å². The Kier molecular flexibility index (Phi) is 5.61. The first-order valence-electron chi connectivity index (χ1n) is 8.46. The number of fused-ring (bicyclic) bond motifs is 1. The summed E-state index contributed by atoms with van der Waals surface area (Å²) in [5.41, 5.74) is 2.30. The molecule has 0 aliphatic heterocycles. The first kappa shape index (κ1) is 18.8. The molecule has 3 rings (SSSR count). The second-order valence-corrected chi connectivity index (χ2v) is 7.84. The molecule has 2 heterocycles. The van der Waals surface area contributed by atoms with Crippen molar-refractivity contribution in [3.63, 3.8) is 0 Å². The van der Waals surface area contributed by atoms with Gasteiger partial charge in [0.25, 0.3) is 0 Å². The molecule has 0 fully saturated rings. The summed E-state index contributed by atoms with van der Waals surface area (Å²) in [5, 5.41) is 11.3. The Balaban J connectivity index is 2.29. The van der Waals surface area contributed by atoms with Gasteiger partial charge >= 0.3 is 5.97 Å². The summed E-state index contributed by atoms with van der Waals surface area (Å²) in [4.78, 5) is 18.5. The van der Waals surface area contributed by atoms with Crippen molar-refractivity contribution in [1.29, 1.82) is 0 Å². The number of rotatable bonds is 6. The number of hydrogen-bond donors (Lipinski definition) is 1. The molecule has 136 valence electrons. The first-order valence-corrected chi connectivity index (χ1v) is 9.65. The molecule has 0 saturated heterocycles. The van der Waals surface area contributed by atoms with Gasteiger partial charge in [-0.05, 0) is 49.6 Å². The molecule has 3 aromatic rings. The Labute approximate surface area is 161 Å². The number of pyridine rings is 1. The van der Waals surface area contributed by atoms with Gasteiger partial charge in [-0.2, -0.15) is 0 Å². The van der Waals surface area contributed by atoms with E-state index in [2.05, 4.69) is 18.0 Å². The van der Waals surface area contributed by atoms with E-state index in [0.29, 0.717) is 10.6 Å². The fourth-order valence-corrected chi connectivity index (χ4v) is 3.97. The molecule has 26 heavy (non-hydrogen) atoms. The van der Waals surface area contributed by atoms with Crippen LogP contribution in [0.25, 0.3) is 21.3 Å². The van der Waals surface area contributed by atoms with Crippen LogP contribution in [0.4, 0.5) is 0 Å². The van der Waals surface area contributed by atoms with Crippen LogP contribution in [-0.4, -0.2) is 22.2 Å². The summed E-state index contributed by atoms with van der Waals surface area (Å²) in [6.07, 6.45) is 1.23. The number of thiophene rings is 1. The lowest BCUT2D eigenvalue weighted by Gasteiger charge is -2.20. The third kappa shape index (κ3) is 3.75. The minimum atomic E-state index is -1.08. The van der Waals surface area contributed by atoms with Crippen molar-refractivity contribution in [3.05, 3.63) is 52.0 Å². The standard InChI is InChI=1S/C20H20ClNO3S/c1-4-14-9-15-17(12-5-7-13(21)8-6-12)16(10-22-19(15)26-14)18(20(23)24)25-11(2)3/h5-11,18H,4H2,1-3H3,(H,23,24). The van der Waals surface area contributed by atoms with E-state index in [9.17, 15) is 9.90 Å². The predicted molar refractivity (Wildman–Crippen MR) is 106 cm³/mol. The zero-order valence-electron chi connectivity index (χ0n) is 14.8. The molecule has 0 saturated carbocycles. The summed E-state index contributed by atoms with van der Waals surface area (Å²) in [6, 6.07) is 9.50. The molecule has 0 bridgehead atoms. The van der Waals surface area contributed by atoms with Crippen molar-refractivity contribution in [3.8, 4) is 11.1 Å². The van der Waals surface area contributed by atoms with Gasteiger partial charge in [-0.1, -0.05) is 30.7 Å². The second-order valence-electron chi connectivity index (χ2n) is 6.28. The number of aryl methyl sites for hydroxylation is 1. The van der Waals surface area contributed by atoms with Gasteiger partial charge in [-0.15, -0.1) is 11.3 Å². The number of ether oxygens (including phenoxy) is 1. The largest absolute Gasteiger partial charge is 0.479 e. The molecular weight excluding hydrogens is 370 g/mol. The van der Waals surface area contributed by atoms with E-state index in [1.54, 1.807) is 29.7 Å². The second kappa shape index (κ2) is 7.74. The van der Waals surface area contributed by atoms with Crippen LogP contribution in [0.2, 0.25) is 5.02 Å². The number of nitrogens with zero attached hydrogens (tertiary/aromatic N) is 1. The highest BCUT2D eigenvalue weighted by atomic mass is 35.5. The fourth-order valence-electron chi connectivity index (χ4n) is 2.90. The van der Waals surface area contributed by atoms with Crippen LogP contribution in [0.5, 0.6) is 0 Å². The van der Waals surface area contributed by atoms with Crippen molar-refractivity contribution in [2.24, 2.45) is 0 Å². The molecule has 1 atom stereocenters. The van der Waals surface area contributed by atoms with Gasteiger partial charge in [-0.3, -0.25) is 0 Å². The molecule has 0 aliphatic carbocycles. The summed E-state index contributed by atoms with van der Waals surface area (Å²) in [5.74, 6) is -1.03. The van der Waals surface area contributed by atoms with Crippen LogP contribution in [0, 0.1) is 0 Å². The molecule has 4 nitrogen and oxygen atoms in total. The number of carbonyl (C=O) groups is 1. The molecule has 0 amide bonds. The molecule has 6 heteroatoms. The van der Waals surface area contributed by atoms with Crippen LogP contribution in [0.1, 0.15) is 37.3 Å². The first-order chi connectivity index (χ1) is 12.4. The maximum Gasteiger partial charge on any atom is 0.337 e. The normalized spacial score (nSPS) is 12.7. The summed E-state index contributed by atoms with van der Waals surface area (Å²) < 4.78 is 5.70. The molecule has 1 aromatic carbocycles. The number of halogens is 1. The number of carboxylic acids is 1. The van der Waals surface area contributed by atoms with Crippen molar-refractivity contribution in [2.45, 2.75) is 39.4 Å². The Morgan fingerprint density at radius 2 is 2.00 bits per heavy atom. The molecule has 1 unspecified atom stereocenters. The maximum atomic E-state index is 11.9. The van der Waals surface area contributed by atoms with Gasteiger partial charge in [0, 0.05) is 27.0 Å². The lowest BCUT2D eigenvalue weighted by Crippen LogP contribution is -2.20. The van der Waals surface area contributed by atoms with Gasteiger partial charge in [0.05, 0.1) is 6.10 Å². The van der Waals surface area contributed by atoms with E-state index in [1.165, 1.54) is 4.88 Å². The molecule has 1 N–H and O–H groups in total. The van der Waals surface area contributed by atoms with Crippen molar-refractivity contribution >= 4 is 39.1 Å². The van der Waals surface area contributed by atoms with Crippen LogP contribution in [-0.2, 0) is 16.0 Å². The summed E-state index contributed by atoms with van der Waals surface area (Å²) in [6.45, 7) is 5.74. The topological polar surface area (TPSA) is 59.4 Å². The number of hydrogen-bond acceptors (Lipinski definition) is 4. The summed E-state index contributed by atoms with van der Waals surface area (Å²) >= 11 is 7.66. The average Bonchev–Trinajstić information content (AvgIpc) is 3.03. The minimum absolute atomic E-state index is 0.224. The van der Waals surface area contributed by atoms with Crippen LogP contribution >= 0.6 is 22.9 Å². The monoisotopic (exact) mass is 389 g/mol. The zero-order chi connectivity index (χ0) is 18.8. The minimum Gasteiger partial charge on any atom is -0.479 e. The lowest BCUT2D eigenvalue weighted by atomic mass is 9.95. The number of aliphatic carboxylic acids is 1. The fraction of sp³-hybridized carbons (Fsp3) is 0.300. The maximum absolute atomic E-state index is 11.9. The highest BCUT2D eigenvalue weighted by Gasteiger charge is 2.27. The van der Waals surface area contributed by atoms with Gasteiger partial charge in [0.1, 0.15) is 4.83 Å². The predicted octanol–water partition coefficient (Wildman–Crippen LogP) is 5.73. The quantitative estimate of drug-likeness (QED) is 0.584. The zero-order valence-corrected chi connectivity index (χ0v) is 16.4. The Morgan fingerprint density at radius 1 is 1.31 bits per heavy atom. The highest BCUT2D eigenvalue weighted by molar-refractivity contribution is 7.18. The van der Waals surface area contributed by atoms with Gasteiger partial charge < -0.3 is 9.84 Å². The smallest absolute Gasteiger partial charge is 0.337 e. The third-order valence-electron chi connectivity index (χ3n) is 4.04. The van der Waals surface area contributed by atoms with E-state index >= 15 is 0 Å².